The molecule has 1 saturated carbocycles. The highest BCUT2D eigenvalue weighted by molar-refractivity contribution is 5.42. The Hall–Kier alpha value is -1.72. The first kappa shape index (κ1) is 14.8. The first-order chi connectivity index (χ1) is 11.1. The van der Waals surface area contributed by atoms with Crippen LogP contribution < -0.4 is 5.32 Å². The number of aryl methyl sites for hydroxylation is 2. The van der Waals surface area contributed by atoms with E-state index in [1.54, 1.807) is 0 Å². The number of hydrogen-bond acceptors (Lipinski definition) is 5. The van der Waals surface area contributed by atoms with Gasteiger partial charge in [-0.05, 0) is 39.3 Å². The third-order valence-corrected chi connectivity index (χ3v) is 5.18. The zero-order valence-corrected chi connectivity index (χ0v) is 14.1. The third-order valence-electron chi connectivity index (χ3n) is 5.18. The lowest BCUT2D eigenvalue weighted by Gasteiger charge is -2.30. The topological polar surface area (TPSA) is 54.2 Å². The smallest absolute Gasteiger partial charge is 0.237 e. The maximum atomic E-state index is 5.71. The summed E-state index contributed by atoms with van der Waals surface area (Å²) in [4.78, 5) is 7.09. The average molecular weight is 312 g/mol. The molecule has 0 spiro atoms. The molecule has 23 heavy (non-hydrogen) atoms. The SMILES string of the molecule is Cc1cc(C)cc(C2(c3nc(C4CNCCN4C)no3)CC2)c1. The predicted molar refractivity (Wildman–Crippen MR) is 88.5 cm³/mol. The lowest BCUT2D eigenvalue weighted by Crippen LogP contribution is -2.44. The quantitative estimate of drug-likeness (QED) is 0.943. The number of piperazine rings is 1. The number of hydrogen-bond donors (Lipinski definition) is 1. The molecule has 1 saturated heterocycles. The van der Waals surface area contributed by atoms with E-state index in [1.807, 2.05) is 0 Å². The zero-order chi connectivity index (χ0) is 16.0. The van der Waals surface area contributed by atoms with Crippen molar-refractivity contribution in [2.45, 2.75) is 38.1 Å². The highest BCUT2D eigenvalue weighted by atomic mass is 16.5. The van der Waals surface area contributed by atoms with Crippen LogP contribution in [0.1, 0.15) is 47.3 Å². The highest BCUT2D eigenvalue weighted by Crippen LogP contribution is 2.53. The van der Waals surface area contributed by atoms with Crippen molar-refractivity contribution in [3.05, 3.63) is 46.6 Å². The van der Waals surface area contributed by atoms with E-state index in [0.29, 0.717) is 0 Å². The fraction of sp³-hybridized carbons (Fsp3) is 0.556. The van der Waals surface area contributed by atoms with Crippen LogP contribution in [-0.4, -0.2) is 41.7 Å². The lowest BCUT2D eigenvalue weighted by molar-refractivity contribution is 0.190. The minimum Gasteiger partial charge on any atom is -0.338 e. The van der Waals surface area contributed by atoms with E-state index in [1.165, 1.54) is 16.7 Å². The summed E-state index contributed by atoms with van der Waals surface area (Å²) >= 11 is 0. The molecule has 5 heteroatoms. The zero-order valence-electron chi connectivity index (χ0n) is 14.1. The summed E-state index contributed by atoms with van der Waals surface area (Å²) in [5.74, 6) is 1.60. The maximum Gasteiger partial charge on any atom is 0.237 e. The van der Waals surface area contributed by atoms with Crippen LogP contribution in [0.2, 0.25) is 0 Å². The molecule has 0 bridgehead atoms. The van der Waals surface area contributed by atoms with Crippen molar-refractivity contribution in [1.29, 1.82) is 0 Å². The minimum atomic E-state index is -0.0529. The van der Waals surface area contributed by atoms with Crippen molar-refractivity contribution in [3.8, 4) is 0 Å². The van der Waals surface area contributed by atoms with Gasteiger partial charge in [-0.3, -0.25) is 4.90 Å². The molecule has 5 nitrogen and oxygen atoms in total. The van der Waals surface area contributed by atoms with Crippen LogP contribution in [0.15, 0.2) is 22.7 Å². The first-order valence-corrected chi connectivity index (χ1v) is 8.42. The monoisotopic (exact) mass is 312 g/mol. The van der Waals surface area contributed by atoms with Crippen molar-refractivity contribution < 1.29 is 4.52 Å². The molecule has 0 amide bonds. The summed E-state index contributed by atoms with van der Waals surface area (Å²) in [6.07, 6.45) is 2.19. The van der Waals surface area contributed by atoms with Gasteiger partial charge >= 0.3 is 0 Å². The average Bonchev–Trinajstić information content (AvgIpc) is 3.18. The Bertz CT molecular complexity index is 699. The van der Waals surface area contributed by atoms with E-state index in [4.69, 9.17) is 9.51 Å². The molecule has 2 aliphatic rings. The van der Waals surface area contributed by atoms with Gasteiger partial charge in [-0.2, -0.15) is 4.98 Å². The fourth-order valence-corrected chi connectivity index (χ4v) is 3.66. The summed E-state index contributed by atoms with van der Waals surface area (Å²) in [7, 11) is 2.12. The van der Waals surface area contributed by atoms with Crippen LogP contribution in [-0.2, 0) is 5.41 Å². The largest absolute Gasteiger partial charge is 0.338 e. The molecule has 1 unspecified atom stereocenters. The fourth-order valence-electron chi connectivity index (χ4n) is 3.66. The number of benzene rings is 1. The summed E-state index contributed by atoms with van der Waals surface area (Å²) in [5.41, 5.74) is 3.85. The lowest BCUT2D eigenvalue weighted by atomic mass is 9.92. The summed E-state index contributed by atoms with van der Waals surface area (Å²) in [5, 5.41) is 7.71. The van der Waals surface area contributed by atoms with Gasteiger partial charge in [0.15, 0.2) is 5.82 Å². The van der Waals surface area contributed by atoms with Crippen LogP contribution in [0.3, 0.4) is 0 Å². The Labute approximate surface area is 137 Å². The van der Waals surface area contributed by atoms with E-state index in [-0.39, 0.29) is 11.5 Å². The molecule has 1 atom stereocenters. The number of likely N-dealkylation sites (N-methyl/N-ethyl adjacent to an activating group) is 1. The highest BCUT2D eigenvalue weighted by Gasteiger charge is 2.51. The molecule has 122 valence electrons. The van der Waals surface area contributed by atoms with Gasteiger partial charge in [-0.25, -0.2) is 0 Å². The van der Waals surface area contributed by atoms with Gasteiger partial charge in [0.1, 0.15) is 0 Å². The second kappa shape index (κ2) is 5.42. The van der Waals surface area contributed by atoms with Crippen molar-refractivity contribution in [2.75, 3.05) is 26.7 Å². The number of aromatic nitrogens is 2. The Kier molecular flexibility index (Phi) is 3.50. The standard InChI is InChI=1S/C18H24N4O/c1-12-8-13(2)10-14(9-12)18(4-5-18)17-20-16(21-23-17)15-11-19-6-7-22(15)3/h8-10,15,19H,4-7,11H2,1-3H3. The molecule has 1 aromatic heterocycles. The van der Waals surface area contributed by atoms with E-state index in [2.05, 4.69) is 54.5 Å². The third kappa shape index (κ3) is 2.58. The molecule has 0 radical (unpaired) electrons. The van der Waals surface area contributed by atoms with Crippen LogP contribution in [0.5, 0.6) is 0 Å². The summed E-state index contributed by atoms with van der Waals surface area (Å²) < 4.78 is 5.71. The van der Waals surface area contributed by atoms with Gasteiger partial charge in [0.2, 0.25) is 5.89 Å². The normalized spacial score (nSPS) is 23.9. The Morgan fingerprint density at radius 3 is 2.61 bits per heavy atom. The first-order valence-electron chi connectivity index (χ1n) is 8.42. The number of nitrogens with one attached hydrogen (secondary N) is 1. The molecule has 1 aliphatic heterocycles. The molecule has 2 aromatic rings. The molecule has 1 aliphatic carbocycles. The Balaban J connectivity index is 1.65. The van der Waals surface area contributed by atoms with E-state index >= 15 is 0 Å². The van der Waals surface area contributed by atoms with E-state index < -0.39 is 0 Å². The predicted octanol–water partition coefficient (Wildman–Crippen LogP) is 2.34. The van der Waals surface area contributed by atoms with Gasteiger partial charge in [-0.15, -0.1) is 0 Å². The molecule has 2 heterocycles. The minimum absolute atomic E-state index is 0.0529. The second-order valence-corrected chi connectivity index (χ2v) is 7.12. The van der Waals surface area contributed by atoms with E-state index in [9.17, 15) is 0 Å². The molecule has 1 aromatic carbocycles. The van der Waals surface area contributed by atoms with Crippen molar-refractivity contribution in [2.24, 2.45) is 0 Å². The van der Waals surface area contributed by atoms with Crippen LogP contribution in [0, 0.1) is 13.8 Å². The summed E-state index contributed by atoms with van der Waals surface area (Å²) in [6.45, 7) is 7.20. The maximum absolute atomic E-state index is 5.71. The van der Waals surface area contributed by atoms with Crippen molar-refractivity contribution in [1.82, 2.24) is 20.4 Å². The molecule has 1 N–H and O–H groups in total. The van der Waals surface area contributed by atoms with Gasteiger partial charge < -0.3 is 9.84 Å². The Morgan fingerprint density at radius 1 is 1.22 bits per heavy atom. The van der Waals surface area contributed by atoms with Crippen LogP contribution >= 0.6 is 0 Å². The molecular weight excluding hydrogens is 288 g/mol. The van der Waals surface area contributed by atoms with Crippen LogP contribution in [0.25, 0.3) is 0 Å². The molecule has 2 fully saturated rings. The van der Waals surface area contributed by atoms with Gasteiger partial charge in [0, 0.05) is 19.6 Å². The Morgan fingerprint density at radius 2 is 1.96 bits per heavy atom. The second-order valence-electron chi connectivity index (χ2n) is 7.12. The van der Waals surface area contributed by atoms with E-state index in [0.717, 1.165) is 44.2 Å². The molecular formula is C18H24N4O. The number of rotatable bonds is 3. The van der Waals surface area contributed by atoms with Gasteiger partial charge in [0.25, 0.3) is 0 Å². The number of nitrogens with zero attached hydrogens (tertiary/aromatic N) is 3. The summed E-state index contributed by atoms with van der Waals surface area (Å²) in [6, 6.07) is 6.94. The van der Waals surface area contributed by atoms with Gasteiger partial charge in [0.05, 0.1) is 11.5 Å². The van der Waals surface area contributed by atoms with Crippen molar-refractivity contribution in [3.63, 3.8) is 0 Å². The van der Waals surface area contributed by atoms with Crippen molar-refractivity contribution >= 4 is 0 Å². The van der Waals surface area contributed by atoms with Crippen LogP contribution in [0.4, 0.5) is 0 Å². The van der Waals surface area contributed by atoms with Gasteiger partial charge in [-0.1, -0.05) is 34.5 Å². The molecule has 4 rings (SSSR count).